The van der Waals surface area contributed by atoms with E-state index in [0.29, 0.717) is 10.8 Å². The number of nitrogens with zero attached hydrogens (tertiary/aromatic N) is 1. The quantitative estimate of drug-likeness (QED) is 0.620. The summed E-state index contributed by atoms with van der Waals surface area (Å²) < 4.78 is 6.02. The van der Waals surface area contributed by atoms with Crippen molar-refractivity contribution in [2.75, 3.05) is 14.1 Å². The number of carbonyl (C=O) groups is 1. The molecule has 3 aromatic carbocycles. The van der Waals surface area contributed by atoms with E-state index in [1.165, 1.54) is 4.90 Å². The Bertz CT molecular complexity index is 879. The van der Waals surface area contributed by atoms with Crippen molar-refractivity contribution in [3.05, 3.63) is 89.4 Å². The van der Waals surface area contributed by atoms with E-state index in [4.69, 9.17) is 16.3 Å². The van der Waals surface area contributed by atoms with Crippen molar-refractivity contribution in [2.24, 2.45) is 0 Å². The van der Waals surface area contributed by atoms with Gasteiger partial charge in [-0.3, -0.25) is 4.79 Å². The van der Waals surface area contributed by atoms with E-state index < -0.39 is 6.10 Å². The van der Waals surface area contributed by atoms with Crippen LogP contribution < -0.4 is 4.74 Å². The van der Waals surface area contributed by atoms with Gasteiger partial charge in [0.25, 0.3) is 5.91 Å². The van der Waals surface area contributed by atoms with Gasteiger partial charge in [-0.1, -0.05) is 78.3 Å². The maximum Gasteiger partial charge on any atom is 0.267 e. The van der Waals surface area contributed by atoms with Crippen LogP contribution in [0.1, 0.15) is 11.7 Å². The zero-order valence-corrected chi connectivity index (χ0v) is 15.5. The number of rotatable bonds is 5. The van der Waals surface area contributed by atoms with Crippen molar-refractivity contribution < 1.29 is 9.53 Å². The molecule has 1 atom stereocenters. The smallest absolute Gasteiger partial charge is 0.267 e. The number of hydrogen-bond donors (Lipinski definition) is 0. The molecule has 0 heterocycles. The highest BCUT2D eigenvalue weighted by Gasteiger charge is 2.25. The molecule has 0 spiro atoms. The van der Waals surface area contributed by atoms with Crippen LogP contribution in [0.3, 0.4) is 0 Å². The predicted molar refractivity (Wildman–Crippen MR) is 105 cm³/mol. The maximum atomic E-state index is 12.6. The summed E-state index contributed by atoms with van der Waals surface area (Å²) in [4.78, 5) is 14.1. The fourth-order valence-electron chi connectivity index (χ4n) is 2.66. The average Bonchev–Trinajstić information content (AvgIpc) is 2.68. The minimum absolute atomic E-state index is 0.139. The monoisotopic (exact) mass is 365 g/mol. The van der Waals surface area contributed by atoms with Crippen LogP contribution in [0.2, 0.25) is 5.02 Å². The number of halogens is 1. The lowest BCUT2D eigenvalue weighted by Gasteiger charge is -2.23. The van der Waals surface area contributed by atoms with Crippen LogP contribution in [0.5, 0.6) is 5.75 Å². The number of amides is 1. The summed E-state index contributed by atoms with van der Waals surface area (Å²) in [5, 5.41) is 0.471. The standard InChI is InChI=1S/C22H20ClNO2/c1-24(2)22(25)21(17-11-7-4-8-12-17)26-20-14-13-18(15-19(20)23)16-9-5-3-6-10-16/h3-15,21H,1-2H3/t21-/m0/s1. The van der Waals surface area contributed by atoms with Crippen LogP contribution in [-0.2, 0) is 4.79 Å². The molecule has 0 aliphatic rings. The van der Waals surface area contributed by atoms with Crippen LogP contribution in [0.4, 0.5) is 0 Å². The van der Waals surface area contributed by atoms with E-state index in [0.717, 1.165) is 16.7 Å². The number of ether oxygens (including phenoxy) is 1. The Labute approximate surface area is 158 Å². The summed E-state index contributed by atoms with van der Waals surface area (Å²) in [7, 11) is 3.42. The Kier molecular flexibility index (Phi) is 5.59. The molecule has 0 aliphatic heterocycles. The van der Waals surface area contributed by atoms with E-state index in [2.05, 4.69) is 0 Å². The molecule has 0 aliphatic carbocycles. The molecule has 0 aromatic heterocycles. The molecular formula is C22H20ClNO2. The molecule has 132 valence electrons. The molecule has 1 amide bonds. The van der Waals surface area contributed by atoms with Gasteiger partial charge in [-0.2, -0.15) is 0 Å². The van der Waals surface area contributed by atoms with Gasteiger partial charge in [-0.05, 0) is 23.3 Å². The number of benzene rings is 3. The van der Waals surface area contributed by atoms with Gasteiger partial charge < -0.3 is 9.64 Å². The second kappa shape index (κ2) is 8.07. The van der Waals surface area contributed by atoms with Gasteiger partial charge in [0.2, 0.25) is 6.10 Å². The largest absolute Gasteiger partial charge is 0.474 e. The summed E-state index contributed by atoms with van der Waals surface area (Å²) >= 11 is 6.45. The highest BCUT2D eigenvalue weighted by Crippen LogP contribution is 2.33. The Morgan fingerprint density at radius 1 is 0.885 bits per heavy atom. The van der Waals surface area contributed by atoms with Crippen molar-refractivity contribution in [3.63, 3.8) is 0 Å². The third-order valence-electron chi connectivity index (χ3n) is 4.05. The number of hydrogen-bond acceptors (Lipinski definition) is 2. The van der Waals surface area contributed by atoms with Crippen molar-refractivity contribution in [1.29, 1.82) is 0 Å². The average molecular weight is 366 g/mol. The third-order valence-corrected chi connectivity index (χ3v) is 4.35. The summed E-state index contributed by atoms with van der Waals surface area (Å²) in [6, 6.07) is 25.0. The molecule has 0 fully saturated rings. The van der Waals surface area contributed by atoms with Crippen molar-refractivity contribution in [2.45, 2.75) is 6.10 Å². The van der Waals surface area contributed by atoms with Gasteiger partial charge in [0.1, 0.15) is 5.75 Å². The van der Waals surface area contributed by atoms with E-state index >= 15 is 0 Å². The summed E-state index contributed by atoms with van der Waals surface area (Å²) in [6.45, 7) is 0. The third kappa shape index (κ3) is 4.06. The van der Waals surface area contributed by atoms with Gasteiger partial charge >= 0.3 is 0 Å². The molecule has 26 heavy (non-hydrogen) atoms. The van der Waals surface area contributed by atoms with E-state index in [1.54, 1.807) is 14.1 Å². The Morgan fingerprint density at radius 3 is 2.08 bits per heavy atom. The fraction of sp³-hybridized carbons (Fsp3) is 0.136. The molecule has 3 rings (SSSR count). The van der Waals surface area contributed by atoms with E-state index in [9.17, 15) is 4.79 Å². The number of likely N-dealkylation sites (N-methyl/N-ethyl adjacent to an activating group) is 1. The van der Waals surface area contributed by atoms with E-state index in [1.807, 2.05) is 78.9 Å². The van der Waals surface area contributed by atoms with Gasteiger partial charge in [0.15, 0.2) is 0 Å². The fourth-order valence-corrected chi connectivity index (χ4v) is 2.88. The first-order valence-electron chi connectivity index (χ1n) is 8.34. The Hall–Kier alpha value is -2.78. The minimum atomic E-state index is -0.744. The second-order valence-corrected chi connectivity index (χ2v) is 6.56. The maximum absolute atomic E-state index is 12.6. The lowest BCUT2D eigenvalue weighted by atomic mass is 10.1. The minimum Gasteiger partial charge on any atom is -0.474 e. The molecule has 0 saturated heterocycles. The Morgan fingerprint density at radius 2 is 1.50 bits per heavy atom. The normalized spacial score (nSPS) is 11.7. The van der Waals surface area contributed by atoms with Gasteiger partial charge in [-0.25, -0.2) is 0 Å². The summed E-state index contributed by atoms with van der Waals surface area (Å²) in [5.74, 6) is 0.342. The van der Waals surface area contributed by atoms with Crippen LogP contribution in [0.25, 0.3) is 11.1 Å². The van der Waals surface area contributed by atoms with Crippen LogP contribution in [0.15, 0.2) is 78.9 Å². The van der Waals surface area contributed by atoms with Crippen molar-refractivity contribution in [1.82, 2.24) is 4.90 Å². The zero-order valence-electron chi connectivity index (χ0n) is 14.7. The molecule has 0 radical (unpaired) electrons. The first-order chi connectivity index (χ1) is 12.6. The first-order valence-corrected chi connectivity index (χ1v) is 8.72. The molecule has 0 saturated carbocycles. The van der Waals surface area contributed by atoms with Gasteiger partial charge in [0.05, 0.1) is 5.02 Å². The van der Waals surface area contributed by atoms with Gasteiger partial charge in [-0.15, -0.1) is 0 Å². The van der Waals surface area contributed by atoms with Crippen LogP contribution in [0, 0.1) is 0 Å². The summed E-state index contributed by atoms with van der Waals surface area (Å²) in [5.41, 5.74) is 2.86. The second-order valence-electron chi connectivity index (χ2n) is 6.15. The van der Waals surface area contributed by atoms with Crippen molar-refractivity contribution >= 4 is 17.5 Å². The lowest BCUT2D eigenvalue weighted by molar-refractivity contribution is -0.136. The zero-order chi connectivity index (χ0) is 18.5. The highest BCUT2D eigenvalue weighted by atomic mass is 35.5. The Balaban J connectivity index is 1.91. The summed E-state index contributed by atoms with van der Waals surface area (Å²) in [6.07, 6.45) is -0.744. The molecule has 3 aromatic rings. The van der Waals surface area contributed by atoms with Gasteiger partial charge in [0, 0.05) is 19.7 Å². The van der Waals surface area contributed by atoms with E-state index in [-0.39, 0.29) is 5.91 Å². The molecule has 0 unspecified atom stereocenters. The topological polar surface area (TPSA) is 29.5 Å². The first kappa shape index (κ1) is 18.0. The molecule has 0 bridgehead atoms. The molecule has 3 nitrogen and oxygen atoms in total. The molecular weight excluding hydrogens is 346 g/mol. The highest BCUT2D eigenvalue weighted by molar-refractivity contribution is 6.32. The van der Waals surface area contributed by atoms with Crippen molar-refractivity contribution in [3.8, 4) is 16.9 Å². The van der Waals surface area contributed by atoms with Crippen LogP contribution in [-0.4, -0.2) is 24.9 Å². The molecule has 4 heteroatoms. The SMILES string of the molecule is CN(C)C(=O)[C@@H](Oc1ccc(-c2ccccc2)cc1Cl)c1ccccc1. The molecule has 0 N–H and O–H groups in total. The predicted octanol–water partition coefficient (Wildman–Crippen LogP) is 5.22. The van der Waals surface area contributed by atoms with Crippen LogP contribution >= 0.6 is 11.6 Å². The number of carbonyl (C=O) groups excluding carboxylic acids is 1. The lowest BCUT2D eigenvalue weighted by Crippen LogP contribution is -2.31.